The lowest BCUT2D eigenvalue weighted by atomic mass is 9.92. The molecular formula is C11H21NO7. The fourth-order valence-corrected chi connectivity index (χ4v) is 2.07. The van der Waals surface area contributed by atoms with Gasteiger partial charge in [0.25, 0.3) is 0 Å². The number of carbonyl (C=O) groups is 1. The average molecular weight is 279 g/mol. The summed E-state index contributed by atoms with van der Waals surface area (Å²) in [5, 5.41) is 49.2. The number of carboxylic acids is 1. The molecule has 0 spiro atoms. The summed E-state index contributed by atoms with van der Waals surface area (Å²) in [4.78, 5) is 10.4. The molecule has 0 radical (unpaired) electrons. The van der Waals surface area contributed by atoms with Crippen molar-refractivity contribution in [3.63, 3.8) is 0 Å². The van der Waals surface area contributed by atoms with Crippen molar-refractivity contribution in [2.45, 2.75) is 49.9 Å². The number of nitrogens with one attached hydrogen (secondary N) is 1. The van der Waals surface area contributed by atoms with Gasteiger partial charge in [-0.15, -0.1) is 0 Å². The first-order chi connectivity index (χ1) is 8.86. The SMILES string of the molecule is CC(C[C@@H]1O[C@H](CO)[C@@H](O)[C@H](O)[C@H]1O)NCC(=O)O. The van der Waals surface area contributed by atoms with E-state index in [-0.39, 0.29) is 19.0 Å². The number of aliphatic hydroxyl groups excluding tert-OH is 4. The van der Waals surface area contributed by atoms with Gasteiger partial charge in [0.1, 0.15) is 24.4 Å². The van der Waals surface area contributed by atoms with Crippen molar-refractivity contribution in [1.82, 2.24) is 5.32 Å². The molecule has 0 aromatic rings. The molecule has 19 heavy (non-hydrogen) atoms. The highest BCUT2D eigenvalue weighted by atomic mass is 16.5. The lowest BCUT2D eigenvalue weighted by Crippen LogP contribution is -2.59. The highest BCUT2D eigenvalue weighted by Gasteiger charge is 2.43. The standard InChI is InChI=1S/C11H21NO7/c1-5(12-3-8(14)15)2-6-9(16)11(18)10(17)7(4-13)19-6/h5-7,9-13,16-18H,2-4H2,1H3,(H,14,15)/t5?,6-,7+,9-,10+,11+/m0/s1. The Hall–Kier alpha value is -0.770. The minimum absolute atomic E-state index is 0.224. The van der Waals surface area contributed by atoms with Crippen LogP contribution in [0, 0.1) is 0 Å². The summed E-state index contributed by atoms with van der Waals surface area (Å²) in [5.74, 6) is -0.999. The Kier molecular flexibility index (Phi) is 6.11. The van der Waals surface area contributed by atoms with E-state index in [1.165, 1.54) is 0 Å². The summed E-state index contributed by atoms with van der Waals surface area (Å²) in [7, 11) is 0. The number of ether oxygens (including phenoxy) is 1. The summed E-state index contributed by atoms with van der Waals surface area (Å²) in [6, 6.07) is -0.266. The van der Waals surface area contributed by atoms with Gasteiger partial charge in [-0.1, -0.05) is 0 Å². The van der Waals surface area contributed by atoms with E-state index in [2.05, 4.69) is 5.32 Å². The largest absolute Gasteiger partial charge is 0.480 e. The molecule has 6 atom stereocenters. The Balaban J connectivity index is 2.54. The first-order valence-electron chi connectivity index (χ1n) is 6.12. The summed E-state index contributed by atoms with van der Waals surface area (Å²) < 4.78 is 5.31. The molecule has 1 unspecified atom stereocenters. The predicted octanol–water partition coefficient (Wildman–Crippen LogP) is -2.72. The first-order valence-corrected chi connectivity index (χ1v) is 6.12. The normalized spacial score (nSPS) is 37.0. The van der Waals surface area contributed by atoms with Gasteiger partial charge in [0.05, 0.1) is 19.3 Å². The maximum Gasteiger partial charge on any atom is 0.317 e. The molecular weight excluding hydrogens is 258 g/mol. The Bertz CT molecular complexity index is 299. The second-order valence-electron chi connectivity index (χ2n) is 4.78. The van der Waals surface area contributed by atoms with Crippen LogP contribution in [-0.2, 0) is 9.53 Å². The van der Waals surface area contributed by atoms with Crippen molar-refractivity contribution in [2.24, 2.45) is 0 Å². The molecule has 8 nitrogen and oxygen atoms in total. The van der Waals surface area contributed by atoms with Crippen molar-refractivity contribution < 1.29 is 35.1 Å². The van der Waals surface area contributed by atoms with E-state index in [0.717, 1.165) is 0 Å². The van der Waals surface area contributed by atoms with Gasteiger partial charge in [0.2, 0.25) is 0 Å². The van der Waals surface area contributed by atoms with E-state index in [1.54, 1.807) is 6.92 Å². The zero-order valence-electron chi connectivity index (χ0n) is 10.6. The van der Waals surface area contributed by atoms with E-state index in [9.17, 15) is 20.1 Å². The zero-order valence-corrected chi connectivity index (χ0v) is 10.6. The lowest BCUT2D eigenvalue weighted by molar-refractivity contribution is -0.231. The van der Waals surface area contributed by atoms with Gasteiger partial charge in [-0.3, -0.25) is 4.79 Å². The molecule has 0 amide bonds. The molecule has 1 fully saturated rings. The number of hydrogen-bond donors (Lipinski definition) is 6. The van der Waals surface area contributed by atoms with Gasteiger partial charge in [-0.05, 0) is 13.3 Å². The number of aliphatic carboxylic acids is 1. The van der Waals surface area contributed by atoms with Crippen LogP contribution >= 0.6 is 0 Å². The molecule has 112 valence electrons. The Morgan fingerprint density at radius 1 is 1.21 bits per heavy atom. The van der Waals surface area contributed by atoms with Crippen LogP contribution in [0.2, 0.25) is 0 Å². The highest BCUT2D eigenvalue weighted by Crippen LogP contribution is 2.23. The zero-order chi connectivity index (χ0) is 14.6. The number of aliphatic hydroxyl groups is 4. The van der Waals surface area contributed by atoms with Crippen LogP contribution in [0.25, 0.3) is 0 Å². The molecule has 1 saturated heterocycles. The molecule has 1 heterocycles. The molecule has 0 aromatic carbocycles. The predicted molar refractivity (Wildman–Crippen MR) is 63.5 cm³/mol. The summed E-state index contributed by atoms with van der Waals surface area (Å²) >= 11 is 0. The maximum absolute atomic E-state index is 10.4. The highest BCUT2D eigenvalue weighted by molar-refractivity contribution is 5.69. The van der Waals surface area contributed by atoms with Crippen LogP contribution in [-0.4, -0.2) is 81.2 Å². The van der Waals surface area contributed by atoms with Gasteiger partial charge in [0.15, 0.2) is 0 Å². The Morgan fingerprint density at radius 2 is 1.79 bits per heavy atom. The number of carboxylic acid groups (broad SMARTS) is 1. The first kappa shape index (κ1) is 16.3. The topological polar surface area (TPSA) is 139 Å². The van der Waals surface area contributed by atoms with Gasteiger partial charge in [0, 0.05) is 6.04 Å². The fourth-order valence-electron chi connectivity index (χ4n) is 2.07. The average Bonchev–Trinajstić information content (AvgIpc) is 2.37. The third-order valence-electron chi connectivity index (χ3n) is 3.18. The lowest BCUT2D eigenvalue weighted by Gasteiger charge is -2.40. The van der Waals surface area contributed by atoms with Crippen molar-refractivity contribution in [2.75, 3.05) is 13.2 Å². The molecule has 1 aliphatic heterocycles. The van der Waals surface area contributed by atoms with Crippen LogP contribution in [0.15, 0.2) is 0 Å². The summed E-state index contributed by atoms with van der Waals surface area (Å²) in [6.07, 6.45) is -5.54. The third-order valence-corrected chi connectivity index (χ3v) is 3.18. The van der Waals surface area contributed by atoms with Crippen molar-refractivity contribution in [1.29, 1.82) is 0 Å². The van der Waals surface area contributed by atoms with E-state index in [4.69, 9.17) is 14.9 Å². The quantitative estimate of drug-likeness (QED) is 0.308. The second kappa shape index (κ2) is 7.13. The van der Waals surface area contributed by atoms with Gasteiger partial charge < -0.3 is 35.6 Å². The summed E-state index contributed by atoms with van der Waals surface area (Å²) in [6.45, 7) is 1.02. The van der Waals surface area contributed by atoms with Crippen molar-refractivity contribution >= 4 is 5.97 Å². The number of hydrogen-bond acceptors (Lipinski definition) is 7. The van der Waals surface area contributed by atoms with Crippen LogP contribution in [0.4, 0.5) is 0 Å². The fraction of sp³-hybridized carbons (Fsp3) is 0.909. The van der Waals surface area contributed by atoms with Crippen molar-refractivity contribution in [3.05, 3.63) is 0 Å². The molecule has 0 aliphatic carbocycles. The van der Waals surface area contributed by atoms with Crippen LogP contribution < -0.4 is 5.32 Å². The molecule has 0 saturated carbocycles. The smallest absolute Gasteiger partial charge is 0.317 e. The summed E-state index contributed by atoms with van der Waals surface area (Å²) in [5.41, 5.74) is 0. The monoisotopic (exact) mass is 279 g/mol. The minimum Gasteiger partial charge on any atom is -0.480 e. The van der Waals surface area contributed by atoms with Gasteiger partial charge >= 0.3 is 5.97 Å². The van der Waals surface area contributed by atoms with Crippen LogP contribution in [0.5, 0.6) is 0 Å². The van der Waals surface area contributed by atoms with E-state index >= 15 is 0 Å². The Labute approximate surface area is 110 Å². The van der Waals surface area contributed by atoms with Crippen LogP contribution in [0.3, 0.4) is 0 Å². The molecule has 1 rings (SSSR count). The minimum atomic E-state index is -1.40. The molecule has 8 heteroatoms. The second-order valence-corrected chi connectivity index (χ2v) is 4.78. The molecule has 6 N–H and O–H groups in total. The van der Waals surface area contributed by atoms with Crippen LogP contribution in [0.1, 0.15) is 13.3 Å². The molecule has 0 aromatic heterocycles. The van der Waals surface area contributed by atoms with Gasteiger partial charge in [-0.2, -0.15) is 0 Å². The molecule has 0 bridgehead atoms. The van der Waals surface area contributed by atoms with E-state index in [0.29, 0.717) is 0 Å². The van der Waals surface area contributed by atoms with E-state index in [1.807, 2.05) is 0 Å². The Morgan fingerprint density at radius 3 is 2.32 bits per heavy atom. The maximum atomic E-state index is 10.4. The van der Waals surface area contributed by atoms with E-state index < -0.39 is 43.1 Å². The van der Waals surface area contributed by atoms with Gasteiger partial charge in [-0.25, -0.2) is 0 Å². The molecule has 1 aliphatic rings. The third kappa shape index (κ3) is 4.37. The number of rotatable bonds is 6. The van der Waals surface area contributed by atoms with Crippen molar-refractivity contribution in [3.8, 4) is 0 Å².